The second-order valence-corrected chi connectivity index (χ2v) is 4.39. The van der Waals surface area contributed by atoms with Gasteiger partial charge in [-0.25, -0.2) is 0 Å². The average molecular weight is 199 g/mol. The fraction of sp³-hybridized carbons (Fsp3) is 0.909. The number of amides is 1. The normalized spacial score (nSPS) is 22.5. The van der Waals surface area contributed by atoms with Crippen LogP contribution in [0.25, 0.3) is 0 Å². The standard InChI is InChI=1S/C11H21NO2/c1-9(2)8-14-7-5-10-4-3-6-12-11(10)13/h9-10H,3-8H2,1-2H3,(H,12,13). The van der Waals surface area contributed by atoms with E-state index in [0.717, 1.165) is 39.0 Å². The van der Waals surface area contributed by atoms with Gasteiger partial charge in [-0.1, -0.05) is 13.8 Å². The summed E-state index contributed by atoms with van der Waals surface area (Å²) in [5.74, 6) is 0.982. The molecule has 0 saturated carbocycles. The molecule has 1 amide bonds. The van der Waals surface area contributed by atoms with Gasteiger partial charge < -0.3 is 10.1 Å². The summed E-state index contributed by atoms with van der Waals surface area (Å²) < 4.78 is 5.47. The average Bonchev–Trinajstić information content (AvgIpc) is 2.15. The van der Waals surface area contributed by atoms with E-state index in [-0.39, 0.29) is 11.8 Å². The first-order valence-corrected chi connectivity index (χ1v) is 5.55. The van der Waals surface area contributed by atoms with Crippen molar-refractivity contribution >= 4 is 5.91 Å². The molecule has 0 aromatic carbocycles. The predicted molar refractivity (Wildman–Crippen MR) is 56.0 cm³/mol. The molecular formula is C11H21NO2. The van der Waals surface area contributed by atoms with E-state index in [9.17, 15) is 4.79 Å². The highest BCUT2D eigenvalue weighted by Gasteiger charge is 2.21. The lowest BCUT2D eigenvalue weighted by Gasteiger charge is -2.21. The fourth-order valence-electron chi connectivity index (χ4n) is 1.66. The van der Waals surface area contributed by atoms with E-state index in [4.69, 9.17) is 4.74 Å². The Kier molecular flexibility index (Phi) is 4.94. The topological polar surface area (TPSA) is 38.3 Å². The highest BCUT2D eigenvalue weighted by atomic mass is 16.5. The Morgan fingerprint density at radius 3 is 3.00 bits per heavy atom. The first-order valence-electron chi connectivity index (χ1n) is 5.55. The summed E-state index contributed by atoms with van der Waals surface area (Å²) in [6, 6.07) is 0. The lowest BCUT2D eigenvalue weighted by Crippen LogP contribution is -2.36. The molecule has 3 nitrogen and oxygen atoms in total. The van der Waals surface area contributed by atoms with Crippen molar-refractivity contribution < 1.29 is 9.53 Å². The van der Waals surface area contributed by atoms with Gasteiger partial charge in [-0.2, -0.15) is 0 Å². The van der Waals surface area contributed by atoms with E-state index in [1.165, 1.54) is 0 Å². The molecule has 1 unspecified atom stereocenters. The Balaban J connectivity index is 2.07. The number of carbonyl (C=O) groups is 1. The van der Waals surface area contributed by atoms with E-state index in [0.29, 0.717) is 5.92 Å². The van der Waals surface area contributed by atoms with Gasteiger partial charge in [0.05, 0.1) is 0 Å². The molecule has 1 aliphatic rings. The lowest BCUT2D eigenvalue weighted by molar-refractivity contribution is -0.127. The molecule has 1 fully saturated rings. The van der Waals surface area contributed by atoms with Gasteiger partial charge in [-0.05, 0) is 25.2 Å². The first-order chi connectivity index (χ1) is 6.70. The number of nitrogens with one attached hydrogen (secondary N) is 1. The second-order valence-electron chi connectivity index (χ2n) is 4.39. The monoisotopic (exact) mass is 199 g/mol. The maximum absolute atomic E-state index is 11.4. The van der Waals surface area contributed by atoms with Gasteiger partial charge in [0, 0.05) is 25.7 Å². The molecule has 1 saturated heterocycles. The van der Waals surface area contributed by atoms with Crippen LogP contribution in [0.3, 0.4) is 0 Å². The van der Waals surface area contributed by atoms with Crippen LogP contribution in [0.4, 0.5) is 0 Å². The van der Waals surface area contributed by atoms with Crippen LogP contribution in [-0.4, -0.2) is 25.7 Å². The van der Waals surface area contributed by atoms with E-state index >= 15 is 0 Å². The minimum absolute atomic E-state index is 0.191. The van der Waals surface area contributed by atoms with Crippen molar-refractivity contribution in [2.24, 2.45) is 11.8 Å². The van der Waals surface area contributed by atoms with Gasteiger partial charge in [0.25, 0.3) is 0 Å². The molecule has 14 heavy (non-hydrogen) atoms. The Hall–Kier alpha value is -0.570. The van der Waals surface area contributed by atoms with Gasteiger partial charge in [0.15, 0.2) is 0 Å². The summed E-state index contributed by atoms with van der Waals surface area (Å²) in [6.07, 6.45) is 3.01. The number of hydrogen-bond acceptors (Lipinski definition) is 2. The van der Waals surface area contributed by atoms with Gasteiger partial charge in [0.2, 0.25) is 5.91 Å². The third-order valence-electron chi connectivity index (χ3n) is 2.46. The van der Waals surface area contributed by atoms with Crippen molar-refractivity contribution in [1.29, 1.82) is 0 Å². The van der Waals surface area contributed by atoms with Crippen LogP contribution in [0.2, 0.25) is 0 Å². The van der Waals surface area contributed by atoms with Crippen LogP contribution in [-0.2, 0) is 9.53 Å². The molecule has 1 heterocycles. The Bertz CT molecular complexity index is 180. The summed E-state index contributed by atoms with van der Waals surface area (Å²) >= 11 is 0. The molecule has 3 heteroatoms. The third-order valence-corrected chi connectivity index (χ3v) is 2.46. The van der Waals surface area contributed by atoms with Gasteiger partial charge >= 0.3 is 0 Å². The van der Waals surface area contributed by atoms with Crippen molar-refractivity contribution in [2.75, 3.05) is 19.8 Å². The Morgan fingerprint density at radius 2 is 2.36 bits per heavy atom. The maximum atomic E-state index is 11.4. The van der Waals surface area contributed by atoms with Gasteiger partial charge in [-0.15, -0.1) is 0 Å². The summed E-state index contributed by atoms with van der Waals surface area (Å²) in [5.41, 5.74) is 0. The molecule has 1 rings (SSSR count). The molecule has 1 atom stereocenters. The zero-order valence-electron chi connectivity index (χ0n) is 9.21. The minimum atomic E-state index is 0.191. The second kappa shape index (κ2) is 6.02. The number of rotatable bonds is 5. The largest absolute Gasteiger partial charge is 0.381 e. The highest BCUT2D eigenvalue weighted by molar-refractivity contribution is 5.79. The summed E-state index contributed by atoms with van der Waals surface area (Å²) in [4.78, 5) is 11.4. The number of piperidine rings is 1. The summed E-state index contributed by atoms with van der Waals surface area (Å²) in [5, 5.41) is 2.89. The van der Waals surface area contributed by atoms with E-state index in [2.05, 4.69) is 19.2 Å². The SMILES string of the molecule is CC(C)COCCC1CCCNC1=O. The van der Waals surface area contributed by atoms with Crippen molar-refractivity contribution in [1.82, 2.24) is 5.32 Å². The Labute approximate surface area is 86.2 Å². The van der Waals surface area contributed by atoms with Crippen molar-refractivity contribution in [3.63, 3.8) is 0 Å². The van der Waals surface area contributed by atoms with Crippen LogP contribution >= 0.6 is 0 Å². The van der Waals surface area contributed by atoms with Crippen LogP contribution in [0.1, 0.15) is 33.1 Å². The van der Waals surface area contributed by atoms with E-state index < -0.39 is 0 Å². The zero-order chi connectivity index (χ0) is 10.4. The maximum Gasteiger partial charge on any atom is 0.223 e. The van der Waals surface area contributed by atoms with Crippen LogP contribution in [0, 0.1) is 11.8 Å². The summed E-state index contributed by atoms with van der Waals surface area (Å²) in [7, 11) is 0. The Morgan fingerprint density at radius 1 is 1.57 bits per heavy atom. The zero-order valence-corrected chi connectivity index (χ0v) is 9.21. The van der Waals surface area contributed by atoms with E-state index in [1.54, 1.807) is 0 Å². The minimum Gasteiger partial charge on any atom is -0.381 e. The first kappa shape index (κ1) is 11.5. The van der Waals surface area contributed by atoms with Crippen molar-refractivity contribution in [3.05, 3.63) is 0 Å². The number of ether oxygens (including phenoxy) is 1. The van der Waals surface area contributed by atoms with E-state index in [1.807, 2.05) is 0 Å². The van der Waals surface area contributed by atoms with Crippen LogP contribution < -0.4 is 5.32 Å². The van der Waals surface area contributed by atoms with Gasteiger partial charge in [-0.3, -0.25) is 4.79 Å². The molecule has 0 aliphatic carbocycles. The number of hydrogen-bond donors (Lipinski definition) is 1. The molecule has 0 aromatic heterocycles. The van der Waals surface area contributed by atoms with Crippen LogP contribution in [0.15, 0.2) is 0 Å². The lowest BCUT2D eigenvalue weighted by atomic mass is 9.96. The third kappa shape index (κ3) is 4.09. The molecule has 0 radical (unpaired) electrons. The van der Waals surface area contributed by atoms with Crippen molar-refractivity contribution in [2.45, 2.75) is 33.1 Å². The quantitative estimate of drug-likeness (QED) is 0.683. The fourth-order valence-corrected chi connectivity index (χ4v) is 1.66. The number of carbonyl (C=O) groups excluding carboxylic acids is 1. The molecule has 82 valence electrons. The smallest absolute Gasteiger partial charge is 0.223 e. The molecule has 1 N–H and O–H groups in total. The van der Waals surface area contributed by atoms with Crippen molar-refractivity contribution in [3.8, 4) is 0 Å². The summed E-state index contributed by atoms with van der Waals surface area (Å²) in [6.45, 7) is 6.63. The molecule has 0 aromatic rings. The molecule has 0 bridgehead atoms. The van der Waals surface area contributed by atoms with Gasteiger partial charge in [0.1, 0.15) is 0 Å². The highest BCUT2D eigenvalue weighted by Crippen LogP contribution is 2.15. The van der Waals surface area contributed by atoms with Crippen LogP contribution in [0.5, 0.6) is 0 Å². The molecular weight excluding hydrogens is 178 g/mol. The molecule has 1 aliphatic heterocycles. The predicted octanol–water partition coefficient (Wildman–Crippen LogP) is 1.58. The molecule has 0 spiro atoms.